The van der Waals surface area contributed by atoms with Gasteiger partial charge < -0.3 is 9.47 Å². The Balaban J connectivity index is 1.64. The SMILES string of the molecule is CC(c1cc(OCc2ccccc2)c2ccccc2c1)N(NC1CC1)C(=O)OC(C)(C)C. The van der Waals surface area contributed by atoms with Gasteiger partial charge >= 0.3 is 6.09 Å². The molecule has 0 aromatic heterocycles. The molecule has 0 radical (unpaired) electrons. The molecule has 0 heterocycles. The van der Waals surface area contributed by atoms with Crippen molar-refractivity contribution in [3.05, 3.63) is 77.9 Å². The number of ether oxygens (including phenoxy) is 2. The van der Waals surface area contributed by atoms with Gasteiger partial charge in [0.25, 0.3) is 0 Å². The van der Waals surface area contributed by atoms with Gasteiger partial charge in [-0.2, -0.15) is 0 Å². The number of hydrazine groups is 1. The summed E-state index contributed by atoms with van der Waals surface area (Å²) in [5, 5.41) is 3.77. The van der Waals surface area contributed by atoms with Gasteiger partial charge in [0.05, 0.1) is 6.04 Å². The van der Waals surface area contributed by atoms with Gasteiger partial charge in [0.15, 0.2) is 0 Å². The van der Waals surface area contributed by atoms with Crippen molar-refractivity contribution in [2.75, 3.05) is 0 Å². The van der Waals surface area contributed by atoms with E-state index in [9.17, 15) is 4.79 Å². The topological polar surface area (TPSA) is 50.8 Å². The number of amides is 1. The monoisotopic (exact) mass is 432 g/mol. The lowest BCUT2D eigenvalue weighted by Gasteiger charge is -2.32. The van der Waals surface area contributed by atoms with Crippen LogP contribution in [0.4, 0.5) is 4.79 Å². The Morgan fingerprint density at radius 2 is 1.75 bits per heavy atom. The minimum Gasteiger partial charge on any atom is -0.488 e. The molecule has 0 bridgehead atoms. The zero-order valence-corrected chi connectivity index (χ0v) is 19.3. The Kier molecular flexibility index (Phi) is 6.38. The van der Waals surface area contributed by atoms with Crippen LogP contribution in [0.1, 0.15) is 57.7 Å². The summed E-state index contributed by atoms with van der Waals surface area (Å²) in [5.74, 6) is 0.810. The fourth-order valence-electron chi connectivity index (χ4n) is 3.59. The molecule has 1 unspecified atom stereocenters. The summed E-state index contributed by atoms with van der Waals surface area (Å²) in [6.45, 7) is 8.16. The van der Waals surface area contributed by atoms with Gasteiger partial charge in [0.1, 0.15) is 18.0 Å². The number of hydrogen-bond acceptors (Lipinski definition) is 4. The molecule has 1 saturated carbocycles. The summed E-state index contributed by atoms with van der Waals surface area (Å²) >= 11 is 0. The van der Waals surface area contributed by atoms with E-state index < -0.39 is 5.60 Å². The fraction of sp³-hybridized carbons (Fsp3) is 0.370. The van der Waals surface area contributed by atoms with E-state index in [1.165, 1.54) is 0 Å². The molecule has 168 valence electrons. The number of carbonyl (C=O) groups excluding carboxylic acids is 1. The standard InChI is InChI=1S/C27H32N2O3/c1-19(29(28-23-14-15-23)26(30)32-27(2,3)4)22-16-21-12-8-9-13-24(21)25(17-22)31-18-20-10-6-5-7-11-20/h5-13,16-17,19,23,28H,14-15,18H2,1-4H3. The number of carbonyl (C=O) groups is 1. The van der Waals surface area contributed by atoms with Crippen molar-refractivity contribution in [1.29, 1.82) is 0 Å². The van der Waals surface area contributed by atoms with Crippen LogP contribution < -0.4 is 10.2 Å². The third kappa shape index (κ3) is 5.60. The summed E-state index contributed by atoms with van der Waals surface area (Å²) in [4.78, 5) is 13.0. The van der Waals surface area contributed by atoms with E-state index >= 15 is 0 Å². The van der Waals surface area contributed by atoms with Crippen molar-refractivity contribution < 1.29 is 14.3 Å². The molecule has 4 rings (SSSR count). The maximum Gasteiger partial charge on any atom is 0.425 e. The first-order valence-corrected chi connectivity index (χ1v) is 11.3. The van der Waals surface area contributed by atoms with Crippen LogP contribution >= 0.6 is 0 Å². The van der Waals surface area contributed by atoms with Gasteiger partial charge in [-0.1, -0.05) is 54.6 Å². The molecule has 1 amide bonds. The number of hydrogen-bond donors (Lipinski definition) is 1. The first kappa shape index (κ1) is 22.2. The smallest absolute Gasteiger partial charge is 0.425 e. The third-order valence-electron chi connectivity index (χ3n) is 5.44. The molecule has 1 fully saturated rings. The number of rotatable bonds is 7. The lowest BCUT2D eigenvalue weighted by atomic mass is 10.0. The molecular formula is C27H32N2O3. The molecule has 5 nitrogen and oxygen atoms in total. The van der Waals surface area contributed by atoms with Gasteiger partial charge in [-0.25, -0.2) is 15.2 Å². The van der Waals surface area contributed by atoms with Crippen LogP contribution in [0.2, 0.25) is 0 Å². The van der Waals surface area contributed by atoms with Crippen LogP contribution in [0.25, 0.3) is 10.8 Å². The highest BCUT2D eigenvalue weighted by atomic mass is 16.6. The van der Waals surface area contributed by atoms with E-state index in [0.29, 0.717) is 12.6 Å². The molecule has 0 aliphatic heterocycles. The predicted molar refractivity (Wildman–Crippen MR) is 127 cm³/mol. The Morgan fingerprint density at radius 1 is 1.06 bits per heavy atom. The maximum atomic E-state index is 13.0. The molecule has 3 aromatic carbocycles. The van der Waals surface area contributed by atoms with Gasteiger partial charge in [-0.3, -0.25) is 0 Å². The average Bonchev–Trinajstić information content (AvgIpc) is 3.59. The zero-order valence-electron chi connectivity index (χ0n) is 19.3. The molecule has 5 heteroatoms. The maximum absolute atomic E-state index is 13.0. The highest BCUT2D eigenvalue weighted by molar-refractivity contribution is 5.89. The van der Waals surface area contributed by atoms with Crippen molar-refractivity contribution in [3.63, 3.8) is 0 Å². The van der Waals surface area contributed by atoms with Crippen LogP contribution in [0, 0.1) is 0 Å². The number of nitrogens with one attached hydrogen (secondary N) is 1. The van der Waals surface area contributed by atoms with Crippen molar-refractivity contribution in [2.45, 2.75) is 64.8 Å². The Morgan fingerprint density at radius 3 is 2.44 bits per heavy atom. The minimum atomic E-state index is -0.562. The van der Waals surface area contributed by atoms with Crippen LogP contribution in [-0.4, -0.2) is 22.7 Å². The summed E-state index contributed by atoms with van der Waals surface area (Å²) in [7, 11) is 0. The van der Waals surface area contributed by atoms with E-state index in [2.05, 4.69) is 35.8 Å². The second-order valence-corrected chi connectivity index (χ2v) is 9.44. The summed E-state index contributed by atoms with van der Waals surface area (Å²) in [6.07, 6.45) is 1.77. The highest BCUT2D eigenvalue weighted by Gasteiger charge is 2.32. The summed E-state index contributed by atoms with van der Waals surface area (Å²) < 4.78 is 11.9. The normalized spacial score (nSPS) is 14.8. The van der Waals surface area contributed by atoms with Crippen molar-refractivity contribution in [2.24, 2.45) is 0 Å². The van der Waals surface area contributed by atoms with Crippen LogP contribution in [0.15, 0.2) is 66.7 Å². The van der Waals surface area contributed by atoms with E-state index in [0.717, 1.165) is 40.5 Å². The van der Waals surface area contributed by atoms with Gasteiger partial charge in [-0.05, 0) is 69.2 Å². The van der Waals surface area contributed by atoms with Crippen LogP contribution in [-0.2, 0) is 11.3 Å². The van der Waals surface area contributed by atoms with Crippen molar-refractivity contribution in [1.82, 2.24) is 10.4 Å². The fourth-order valence-corrected chi connectivity index (χ4v) is 3.59. The Hall–Kier alpha value is -3.05. The Bertz CT molecular complexity index is 1070. The van der Waals surface area contributed by atoms with E-state index in [1.807, 2.05) is 64.1 Å². The summed E-state index contributed by atoms with van der Waals surface area (Å²) in [6, 6.07) is 22.6. The summed E-state index contributed by atoms with van der Waals surface area (Å²) in [5.41, 5.74) is 4.90. The highest BCUT2D eigenvalue weighted by Crippen LogP contribution is 2.33. The molecule has 0 saturated heterocycles. The molecule has 0 spiro atoms. The third-order valence-corrected chi connectivity index (χ3v) is 5.44. The largest absolute Gasteiger partial charge is 0.488 e. The second kappa shape index (κ2) is 9.21. The molecular weight excluding hydrogens is 400 g/mol. The molecule has 1 N–H and O–H groups in total. The number of fused-ring (bicyclic) bond motifs is 1. The first-order chi connectivity index (χ1) is 15.3. The minimum absolute atomic E-state index is 0.228. The zero-order chi connectivity index (χ0) is 22.7. The quantitative estimate of drug-likeness (QED) is 0.440. The molecule has 1 atom stereocenters. The van der Waals surface area contributed by atoms with Gasteiger partial charge in [0.2, 0.25) is 0 Å². The van der Waals surface area contributed by atoms with E-state index in [1.54, 1.807) is 5.01 Å². The van der Waals surface area contributed by atoms with E-state index in [-0.39, 0.29) is 12.1 Å². The predicted octanol–water partition coefficient (Wildman–Crippen LogP) is 6.38. The molecule has 1 aliphatic carbocycles. The second-order valence-electron chi connectivity index (χ2n) is 9.44. The first-order valence-electron chi connectivity index (χ1n) is 11.3. The lowest BCUT2D eigenvalue weighted by Crippen LogP contribution is -2.47. The van der Waals surface area contributed by atoms with Crippen molar-refractivity contribution in [3.8, 4) is 5.75 Å². The molecule has 32 heavy (non-hydrogen) atoms. The number of nitrogens with zero attached hydrogens (tertiary/aromatic N) is 1. The lowest BCUT2D eigenvalue weighted by molar-refractivity contribution is 0.00243. The van der Waals surface area contributed by atoms with Crippen LogP contribution in [0.3, 0.4) is 0 Å². The number of benzene rings is 3. The molecule has 3 aromatic rings. The van der Waals surface area contributed by atoms with Crippen molar-refractivity contribution >= 4 is 16.9 Å². The van der Waals surface area contributed by atoms with Gasteiger partial charge in [0, 0.05) is 11.4 Å². The Labute approximate surface area is 190 Å². The van der Waals surface area contributed by atoms with Gasteiger partial charge in [-0.15, -0.1) is 0 Å². The van der Waals surface area contributed by atoms with Crippen LogP contribution in [0.5, 0.6) is 5.75 Å². The van der Waals surface area contributed by atoms with E-state index in [4.69, 9.17) is 9.47 Å². The molecule has 1 aliphatic rings. The average molecular weight is 433 g/mol.